The average Bonchev–Trinajstić information content (AvgIpc) is 2.47. The summed E-state index contributed by atoms with van der Waals surface area (Å²) in [6.07, 6.45) is 6.51. The molecule has 1 fully saturated rings. The molecule has 0 spiro atoms. The van der Waals surface area contributed by atoms with E-state index in [2.05, 4.69) is 23.3 Å². The predicted molar refractivity (Wildman–Crippen MR) is 73.5 cm³/mol. The number of nitrogens with one attached hydrogen (secondary N) is 1. The maximum absolute atomic E-state index is 8.97. The molecule has 0 saturated heterocycles. The number of pyridine rings is 1. The van der Waals surface area contributed by atoms with E-state index in [1.807, 2.05) is 12.1 Å². The first-order valence-corrected chi connectivity index (χ1v) is 7.02. The third kappa shape index (κ3) is 4.02. The van der Waals surface area contributed by atoms with Crippen molar-refractivity contribution in [3.05, 3.63) is 29.6 Å². The van der Waals surface area contributed by atoms with Crippen LogP contribution in [0.2, 0.25) is 0 Å². The molecule has 1 aromatic heterocycles. The molecule has 0 radical (unpaired) electrons. The topological polar surface area (TPSA) is 57.9 Å². The summed E-state index contributed by atoms with van der Waals surface area (Å²) in [4.78, 5) is 4.05. The SMILES string of the molecule is CCNC1CCC(OCc2cccnc2C#N)CC1. The van der Waals surface area contributed by atoms with E-state index in [1.54, 1.807) is 6.20 Å². The zero-order valence-electron chi connectivity index (χ0n) is 11.4. The van der Waals surface area contributed by atoms with Gasteiger partial charge in [-0.05, 0) is 38.3 Å². The summed E-state index contributed by atoms with van der Waals surface area (Å²) < 4.78 is 5.92. The average molecular weight is 259 g/mol. The van der Waals surface area contributed by atoms with Gasteiger partial charge < -0.3 is 10.1 Å². The van der Waals surface area contributed by atoms with E-state index in [1.165, 1.54) is 12.8 Å². The molecule has 1 aromatic rings. The molecule has 0 atom stereocenters. The molecule has 1 N–H and O–H groups in total. The number of aromatic nitrogens is 1. The van der Waals surface area contributed by atoms with Crippen molar-refractivity contribution in [2.45, 2.75) is 51.4 Å². The van der Waals surface area contributed by atoms with Gasteiger partial charge in [-0.15, -0.1) is 0 Å². The zero-order valence-corrected chi connectivity index (χ0v) is 11.4. The van der Waals surface area contributed by atoms with Crippen LogP contribution in [0.1, 0.15) is 43.9 Å². The molecule has 2 rings (SSSR count). The highest BCUT2D eigenvalue weighted by molar-refractivity contribution is 5.29. The first-order valence-electron chi connectivity index (χ1n) is 7.02. The Morgan fingerprint density at radius 3 is 2.89 bits per heavy atom. The lowest BCUT2D eigenvalue weighted by molar-refractivity contribution is 0.0112. The van der Waals surface area contributed by atoms with Gasteiger partial charge in [0, 0.05) is 17.8 Å². The van der Waals surface area contributed by atoms with Crippen molar-refractivity contribution in [2.75, 3.05) is 6.54 Å². The Hall–Kier alpha value is -1.44. The van der Waals surface area contributed by atoms with Crippen LogP contribution < -0.4 is 5.32 Å². The molecule has 0 aromatic carbocycles. The Labute approximate surface area is 114 Å². The number of nitrogens with zero attached hydrogens (tertiary/aromatic N) is 2. The Morgan fingerprint density at radius 1 is 1.42 bits per heavy atom. The molecule has 0 bridgehead atoms. The number of rotatable bonds is 5. The van der Waals surface area contributed by atoms with Gasteiger partial charge in [-0.1, -0.05) is 13.0 Å². The van der Waals surface area contributed by atoms with Crippen LogP contribution in [0.15, 0.2) is 18.3 Å². The van der Waals surface area contributed by atoms with Crippen molar-refractivity contribution in [1.29, 1.82) is 5.26 Å². The number of hydrogen-bond donors (Lipinski definition) is 1. The van der Waals surface area contributed by atoms with Crippen molar-refractivity contribution < 1.29 is 4.74 Å². The highest BCUT2D eigenvalue weighted by atomic mass is 16.5. The minimum Gasteiger partial charge on any atom is -0.373 e. The van der Waals surface area contributed by atoms with Gasteiger partial charge >= 0.3 is 0 Å². The van der Waals surface area contributed by atoms with Crippen LogP contribution >= 0.6 is 0 Å². The van der Waals surface area contributed by atoms with Crippen molar-refractivity contribution >= 4 is 0 Å². The van der Waals surface area contributed by atoms with Crippen molar-refractivity contribution in [2.24, 2.45) is 0 Å². The lowest BCUT2D eigenvalue weighted by atomic mass is 9.93. The van der Waals surface area contributed by atoms with Gasteiger partial charge in [0.2, 0.25) is 0 Å². The van der Waals surface area contributed by atoms with Gasteiger partial charge in [-0.25, -0.2) is 4.98 Å². The fourth-order valence-corrected chi connectivity index (χ4v) is 2.59. The van der Waals surface area contributed by atoms with Crippen LogP contribution in [0.4, 0.5) is 0 Å². The molecule has 0 amide bonds. The third-order valence-electron chi connectivity index (χ3n) is 3.64. The van der Waals surface area contributed by atoms with Crippen LogP contribution in [0.3, 0.4) is 0 Å². The number of ether oxygens (including phenoxy) is 1. The van der Waals surface area contributed by atoms with Crippen LogP contribution in [0, 0.1) is 11.3 Å². The minimum atomic E-state index is 0.321. The normalized spacial score (nSPS) is 22.9. The molecule has 1 aliphatic rings. The third-order valence-corrected chi connectivity index (χ3v) is 3.64. The molecule has 19 heavy (non-hydrogen) atoms. The van der Waals surface area contributed by atoms with Gasteiger partial charge in [0.15, 0.2) is 0 Å². The molecule has 1 saturated carbocycles. The van der Waals surface area contributed by atoms with Gasteiger partial charge in [0.1, 0.15) is 11.8 Å². The van der Waals surface area contributed by atoms with Crippen LogP contribution in [0.5, 0.6) is 0 Å². The quantitative estimate of drug-likeness (QED) is 0.882. The van der Waals surface area contributed by atoms with Crippen LogP contribution in [-0.4, -0.2) is 23.7 Å². The molecular weight excluding hydrogens is 238 g/mol. The Bertz CT molecular complexity index is 433. The summed E-state index contributed by atoms with van der Waals surface area (Å²) >= 11 is 0. The lowest BCUT2D eigenvalue weighted by Crippen LogP contribution is -2.35. The Balaban J connectivity index is 1.79. The molecule has 4 heteroatoms. The first-order chi connectivity index (χ1) is 9.33. The van der Waals surface area contributed by atoms with Crippen molar-refractivity contribution in [3.8, 4) is 6.07 Å². The van der Waals surface area contributed by atoms with E-state index < -0.39 is 0 Å². The second-order valence-corrected chi connectivity index (χ2v) is 4.97. The predicted octanol–water partition coefficient (Wildman–Crippen LogP) is 2.39. The molecule has 0 aliphatic heterocycles. The summed E-state index contributed by atoms with van der Waals surface area (Å²) in [5, 5.41) is 12.5. The maximum atomic E-state index is 8.97. The van der Waals surface area contributed by atoms with Gasteiger partial charge in [0.05, 0.1) is 12.7 Å². The van der Waals surface area contributed by atoms with E-state index in [0.29, 0.717) is 24.4 Å². The lowest BCUT2D eigenvalue weighted by Gasteiger charge is -2.29. The van der Waals surface area contributed by atoms with Gasteiger partial charge in [0.25, 0.3) is 0 Å². The summed E-state index contributed by atoms with van der Waals surface area (Å²) in [5.74, 6) is 0. The smallest absolute Gasteiger partial charge is 0.145 e. The highest BCUT2D eigenvalue weighted by Crippen LogP contribution is 2.22. The zero-order chi connectivity index (χ0) is 13.5. The molecular formula is C15H21N3O. The molecule has 1 aliphatic carbocycles. The summed E-state index contributed by atoms with van der Waals surface area (Å²) in [6, 6.07) is 6.52. The van der Waals surface area contributed by atoms with Crippen LogP contribution in [0.25, 0.3) is 0 Å². The highest BCUT2D eigenvalue weighted by Gasteiger charge is 2.21. The van der Waals surface area contributed by atoms with Gasteiger partial charge in [-0.2, -0.15) is 5.26 Å². The summed E-state index contributed by atoms with van der Waals surface area (Å²) in [7, 11) is 0. The van der Waals surface area contributed by atoms with Crippen molar-refractivity contribution in [3.63, 3.8) is 0 Å². The largest absolute Gasteiger partial charge is 0.373 e. The molecule has 1 heterocycles. The monoisotopic (exact) mass is 259 g/mol. The number of hydrogen-bond acceptors (Lipinski definition) is 4. The van der Waals surface area contributed by atoms with E-state index in [0.717, 1.165) is 24.9 Å². The Kier molecular flexibility index (Phi) is 5.31. The van der Waals surface area contributed by atoms with Gasteiger partial charge in [-0.3, -0.25) is 0 Å². The van der Waals surface area contributed by atoms with E-state index in [-0.39, 0.29) is 0 Å². The molecule has 0 unspecified atom stereocenters. The van der Waals surface area contributed by atoms with E-state index in [4.69, 9.17) is 10.00 Å². The summed E-state index contributed by atoms with van der Waals surface area (Å²) in [5.41, 5.74) is 1.36. The maximum Gasteiger partial charge on any atom is 0.145 e. The minimum absolute atomic E-state index is 0.321. The first kappa shape index (κ1) is 14.0. The Morgan fingerprint density at radius 2 is 2.21 bits per heavy atom. The molecule has 102 valence electrons. The van der Waals surface area contributed by atoms with E-state index >= 15 is 0 Å². The standard InChI is InChI=1S/C15H21N3O/c1-2-17-13-5-7-14(8-6-13)19-11-12-4-3-9-18-15(12)10-16/h3-4,9,13-14,17H,2,5-8,11H2,1H3. The molecule has 4 nitrogen and oxygen atoms in total. The fourth-order valence-electron chi connectivity index (χ4n) is 2.59. The van der Waals surface area contributed by atoms with E-state index in [9.17, 15) is 0 Å². The van der Waals surface area contributed by atoms with Crippen molar-refractivity contribution in [1.82, 2.24) is 10.3 Å². The van der Waals surface area contributed by atoms with Crippen LogP contribution in [-0.2, 0) is 11.3 Å². The second-order valence-electron chi connectivity index (χ2n) is 4.97. The summed E-state index contributed by atoms with van der Waals surface area (Å²) in [6.45, 7) is 3.68. The number of nitriles is 1. The fraction of sp³-hybridized carbons (Fsp3) is 0.600. The second kappa shape index (κ2) is 7.22.